The fourth-order valence-corrected chi connectivity index (χ4v) is 2.20. The number of aliphatic hydroxyl groups excluding tert-OH is 1. The highest BCUT2D eigenvalue weighted by atomic mass is 35.5. The minimum atomic E-state index is -0.674. The van der Waals surface area contributed by atoms with E-state index in [2.05, 4.69) is 5.10 Å². The van der Waals surface area contributed by atoms with Crippen molar-refractivity contribution in [3.05, 3.63) is 51.8 Å². The summed E-state index contributed by atoms with van der Waals surface area (Å²) in [5, 5.41) is 15.4. The van der Waals surface area contributed by atoms with E-state index >= 15 is 0 Å². The quantitative estimate of drug-likeness (QED) is 0.925. The van der Waals surface area contributed by atoms with Crippen LogP contribution in [0.5, 0.6) is 0 Å². The largest absolute Gasteiger partial charge is 0.384 e. The van der Waals surface area contributed by atoms with E-state index in [0.29, 0.717) is 5.02 Å². The summed E-state index contributed by atoms with van der Waals surface area (Å²) in [6, 6.07) is 5.63. The van der Waals surface area contributed by atoms with Crippen LogP contribution in [0.1, 0.15) is 35.4 Å². The van der Waals surface area contributed by atoms with Gasteiger partial charge in [-0.1, -0.05) is 30.7 Å². The van der Waals surface area contributed by atoms with E-state index in [4.69, 9.17) is 11.6 Å². The van der Waals surface area contributed by atoms with Gasteiger partial charge in [-0.2, -0.15) is 5.10 Å². The van der Waals surface area contributed by atoms with Gasteiger partial charge in [0, 0.05) is 23.8 Å². The Morgan fingerprint density at radius 3 is 2.78 bits per heavy atom. The fourth-order valence-electron chi connectivity index (χ4n) is 2.01. The third-order valence-electron chi connectivity index (χ3n) is 3.08. The van der Waals surface area contributed by atoms with Crippen molar-refractivity contribution in [2.45, 2.75) is 26.4 Å². The van der Waals surface area contributed by atoms with Crippen molar-refractivity contribution in [2.24, 2.45) is 7.05 Å². The molecule has 0 radical (unpaired) electrons. The Bertz CT molecular complexity index is 563. The summed E-state index contributed by atoms with van der Waals surface area (Å²) in [6.45, 7) is 3.97. The van der Waals surface area contributed by atoms with E-state index in [1.807, 2.05) is 45.3 Å². The van der Waals surface area contributed by atoms with Crippen LogP contribution in [0.25, 0.3) is 0 Å². The van der Waals surface area contributed by atoms with Gasteiger partial charge >= 0.3 is 0 Å². The molecule has 96 valence electrons. The molecule has 0 amide bonds. The zero-order valence-corrected chi connectivity index (χ0v) is 11.6. The number of halogens is 1. The molecule has 1 aromatic carbocycles. The fraction of sp³-hybridized carbons (Fsp3) is 0.357. The first-order chi connectivity index (χ1) is 8.52. The van der Waals surface area contributed by atoms with Crippen molar-refractivity contribution >= 4 is 11.6 Å². The zero-order valence-electron chi connectivity index (χ0n) is 10.8. The van der Waals surface area contributed by atoms with E-state index in [0.717, 1.165) is 28.8 Å². The number of aromatic nitrogens is 2. The van der Waals surface area contributed by atoms with E-state index in [1.54, 1.807) is 4.68 Å². The van der Waals surface area contributed by atoms with Crippen LogP contribution in [0.15, 0.2) is 24.4 Å². The number of rotatable bonds is 3. The average Bonchev–Trinajstić information content (AvgIpc) is 2.73. The highest BCUT2D eigenvalue weighted by Crippen LogP contribution is 2.27. The molecule has 0 fully saturated rings. The van der Waals surface area contributed by atoms with Gasteiger partial charge in [0.2, 0.25) is 0 Å². The SMILES string of the molecule is CCc1nn(C)cc1C(O)c1ccc(C)c(Cl)c1. The Balaban J connectivity index is 2.40. The van der Waals surface area contributed by atoms with Crippen molar-refractivity contribution < 1.29 is 5.11 Å². The predicted octanol–water partition coefficient (Wildman–Crippen LogP) is 3.03. The van der Waals surface area contributed by atoms with E-state index in [-0.39, 0.29) is 0 Å². The first-order valence-electron chi connectivity index (χ1n) is 5.99. The van der Waals surface area contributed by atoms with Crippen LogP contribution in [0.2, 0.25) is 5.02 Å². The maximum Gasteiger partial charge on any atom is 0.107 e. The Morgan fingerprint density at radius 1 is 1.44 bits per heavy atom. The third-order valence-corrected chi connectivity index (χ3v) is 3.49. The van der Waals surface area contributed by atoms with Gasteiger partial charge in [0.15, 0.2) is 0 Å². The maximum absolute atomic E-state index is 10.4. The first kappa shape index (κ1) is 13.1. The normalized spacial score (nSPS) is 12.7. The molecule has 18 heavy (non-hydrogen) atoms. The Labute approximate surface area is 112 Å². The summed E-state index contributed by atoms with van der Waals surface area (Å²) < 4.78 is 1.73. The molecule has 1 aromatic heterocycles. The third kappa shape index (κ3) is 2.42. The molecule has 0 saturated heterocycles. The molecule has 0 aliphatic carbocycles. The molecular weight excluding hydrogens is 248 g/mol. The molecule has 1 unspecified atom stereocenters. The zero-order chi connectivity index (χ0) is 13.3. The minimum absolute atomic E-state index is 0.674. The van der Waals surface area contributed by atoms with E-state index in [9.17, 15) is 5.11 Å². The highest BCUT2D eigenvalue weighted by molar-refractivity contribution is 6.31. The number of aryl methyl sites for hydroxylation is 3. The lowest BCUT2D eigenvalue weighted by atomic mass is 10.0. The van der Waals surface area contributed by atoms with Gasteiger partial charge in [0.25, 0.3) is 0 Å². The molecule has 2 rings (SSSR count). The standard InChI is InChI=1S/C14H17ClN2O/c1-4-13-11(8-17(3)16-13)14(18)10-6-5-9(2)12(15)7-10/h5-8,14,18H,4H2,1-3H3. The number of nitrogens with zero attached hydrogens (tertiary/aromatic N) is 2. The molecule has 0 spiro atoms. The summed E-state index contributed by atoms with van der Waals surface area (Å²) in [7, 11) is 1.86. The summed E-state index contributed by atoms with van der Waals surface area (Å²) in [6.07, 6.45) is 1.98. The van der Waals surface area contributed by atoms with Crippen LogP contribution in [-0.4, -0.2) is 14.9 Å². The van der Waals surface area contributed by atoms with Crippen molar-refractivity contribution in [3.63, 3.8) is 0 Å². The summed E-state index contributed by atoms with van der Waals surface area (Å²) in [5.41, 5.74) is 3.57. The van der Waals surface area contributed by atoms with Crippen LogP contribution >= 0.6 is 11.6 Å². The second kappa shape index (κ2) is 5.12. The second-order valence-corrected chi connectivity index (χ2v) is 4.88. The van der Waals surface area contributed by atoms with Gasteiger partial charge in [-0.25, -0.2) is 0 Å². The highest BCUT2D eigenvalue weighted by Gasteiger charge is 2.17. The number of hydrogen-bond donors (Lipinski definition) is 1. The number of benzene rings is 1. The van der Waals surface area contributed by atoms with Crippen molar-refractivity contribution in [1.29, 1.82) is 0 Å². The Hall–Kier alpha value is -1.32. The summed E-state index contributed by atoms with van der Waals surface area (Å²) in [4.78, 5) is 0. The van der Waals surface area contributed by atoms with Crippen LogP contribution in [0.3, 0.4) is 0 Å². The molecule has 1 N–H and O–H groups in total. The van der Waals surface area contributed by atoms with Gasteiger partial charge in [-0.3, -0.25) is 4.68 Å². The van der Waals surface area contributed by atoms with Gasteiger partial charge in [0.05, 0.1) is 5.69 Å². The first-order valence-corrected chi connectivity index (χ1v) is 6.37. The maximum atomic E-state index is 10.4. The molecule has 0 bridgehead atoms. The topological polar surface area (TPSA) is 38.0 Å². The number of aliphatic hydroxyl groups is 1. The smallest absolute Gasteiger partial charge is 0.107 e. The minimum Gasteiger partial charge on any atom is -0.384 e. The summed E-state index contributed by atoms with van der Waals surface area (Å²) >= 11 is 6.09. The van der Waals surface area contributed by atoms with E-state index in [1.165, 1.54) is 0 Å². The van der Waals surface area contributed by atoms with Crippen molar-refractivity contribution in [2.75, 3.05) is 0 Å². The average molecular weight is 265 g/mol. The molecule has 3 nitrogen and oxygen atoms in total. The number of hydrogen-bond acceptors (Lipinski definition) is 2. The van der Waals surface area contributed by atoms with Crippen LogP contribution in [-0.2, 0) is 13.5 Å². The second-order valence-electron chi connectivity index (χ2n) is 4.47. The Morgan fingerprint density at radius 2 is 2.17 bits per heavy atom. The van der Waals surface area contributed by atoms with Crippen LogP contribution in [0, 0.1) is 6.92 Å². The molecule has 0 saturated carbocycles. The lowest BCUT2D eigenvalue weighted by Gasteiger charge is -2.12. The lowest BCUT2D eigenvalue weighted by molar-refractivity contribution is 0.219. The molecule has 0 aliphatic rings. The molecule has 1 heterocycles. The molecular formula is C14H17ClN2O. The molecule has 0 aliphatic heterocycles. The summed E-state index contributed by atoms with van der Waals surface area (Å²) in [5.74, 6) is 0. The Kier molecular flexibility index (Phi) is 3.73. The van der Waals surface area contributed by atoms with Crippen molar-refractivity contribution in [3.8, 4) is 0 Å². The molecule has 2 aromatic rings. The molecule has 1 atom stereocenters. The van der Waals surface area contributed by atoms with Crippen LogP contribution in [0.4, 0.5) is 0 Å². The lowest BCUT2D eigenvalue weighted by Crippen LogP contribution is -2.02. The van der Waals surface area contributed by atoms with Gasteiger partial charge in [-0.15, -0.1) is 0 Å². The van der Waals surface area contributed by atoms with Gasteiger partial charge in [0.1, 0.15) is 6.10 Å². The van der Waals surface area contributed by atoms with E-state index < -0.39 is 6.10 Å². The predicted molar refractivity (Wildman–Crippen MR) is 72.8 cm³/mol. The molecule has 4 heteroatoms. The van der Waals surface area contributed by atoms with Crippen LogP contribution < -0.4 is 0 Å². The monoisotopic (exact) mass is 264 g/mol. The van der Waals surface area contributed by atoms with Gasteiger partial charge in [-0.05, 0) is 30.5 Å². The van der Waals surface area contributed by atoms with Gasteiger partial charge < -0.3 is 5.11 Å². The van der Waals surface area contributed by atoms with Crippen molar-refractivity contribution in [1.82, 2.24) is 9.78 Å².